The second-order valence-corrected chi connectivity index (χ2v) is 11.0. The molecule has 3 aromatic rings. The Bertz CT molecular complexity index is 1370. The number of aromatic nitrogens is 1. The molecule has 2 fully saturated rings. The van der Waals surface area contributed by atoms with Crippen LogP contribution < -0.4 is 5.32 Å². The van der Waals surface area contributed by atoms with E-state index in [-0.39, 0.29) is 36.1 Å². The molecule has 1 amide bonds. The lowest BCUT2D eigenvalue weighted by Gasteiger charge is -2.30. The molecule has 3 aliphatic rings. The Kier molecular flexibility index (Phi) is 6.80. The predicted molar refractivity (Wildman–Crippen MR) is 143 cm³/mol. The number of fused-ring (bicyclic) bond motifs is 3. The first-order chi connectivity index (χ1) is 18.5. The highest BCUT2D eigenvalue weighted by molar-refractivity contribution is 5.95. The van der Waals surface area contributed by atoms with Gasteiger partial charge in [0.1, 0.15) is 0 Å². The summed E-state index contributed by atoms with van der Waals surface area (Å²) in [6.45, 7) is 1.87. The molecular formula is C31H34N2O5. The van der Waals surface area contributed by atoms with Crippen LogP contribution in [0.1, 0.15) is 66.4 Å². The summed E-state index contributed by atoms with van der Waals surface area (Å²) in [6.07, 6.45) is 8.38. The molecule has 3 unspecified atom stereocenters. The molecule has 6 rings (SSSR count). The van der Waals surface area contributed by atoms with E-state index in [9.17, 15) is 14.7 Å². The third-order valence-electron chi connectivity index (χ3n) is 8.46. The summed E-state index contributed by atoms with van der Waals surface area (Å²) in [5.74, 6) is 1.16. The Hall–Kier alpha value is -3.42. The molecule has 5 atom stereocenters. The van der Waals surface area contributed by atoms with Gasteiger partial charge < -0.3 is 19.9 Å². The minimum Gasteiger partial charge on any atom is -0.459 e. The highest BCUT2D eigenvalue weighted by Crippen LogP contribution is 2.44. The Labute approximate surface area is 222 Å². The van der Waals surface area contributed by atoms with Crippen LogP contribution in [-0.2, 0) is 27.5 Å². The third kappa shape index (κ3) is 4.88. The number of hydrogen-bond acceptors (Lipinski definition) is 5. The number of hydrogen-bond donors (Lipinski definition) is 2. The molecule has 7 nitrogen and oxygen atoms in total. The molecule has 198 valence electrons. The molecule has 1 aromatic heterocycles. The van der Waals surface area contributed by atoms with Crippen LogP contribution in [0.5, 0.6) is 0 Å². The number of para-hydroxylation sites is 1. The van der Waals surface area contributed by atoms with Crippen LogP contribution >= 0.6 is 0 Å². The zero-order valence-corrected chi connectivity index (χ0v) is 21.6. The van der Waals surface area contributed by atoms with E-state index in [1.54, 1.807) is 11.5 Å². The highest BCUT2D eigenvalue weighted by atomic mass is 16.7. The van der Waals surface area contributed by atoms with Gasteiger partial charge in [-0.2, -0.15) is 0 Å². The minimum atomic E-state index is -0.622. The van der Waals surface area contributed by atoms with Crippen molar-refractivity contribution in [3.8, 4) is 0 Å². The summed E-state index contributed by atoms with van der Waals surface area (Å²) in [7, 11) is 0. The summed E-state index contributed by atoms with van der Waals surface area (Å²) in [5.41, 5.74) is 3.62. The van der Waals surface area contributed by atoms with E-state index < -0.39 is 6.29 Å². The molecule has 0 radical (unpaired) electrons. The van der Waals surface area contributed by atoms with Crippen LogP contribution in [-0.4, -0.2) is 33.8 Å². The van der Waals surface area contributed by atoms with Crippen LogP contribution in [0.3, 0.4) is 0 Å². The standard InChI is InChI=1S/C31H34N2O5/c1-19(35)33-16-26(25-4-2-3-5-28(25)33)24-14-29(31(36)32-27-13-22-10-11-23(27)12-22)38-30(15-24)37-18-21-8-6-20(17-34)7-9-21/h2-9,14,16,22-24,27,30,34H,10-13,15,17-18H2,1H3,(H,32,36)/t22?,23?,24-,27?,30+/m1/s1. The first kappa shape index (κ1) is 24.9. The van der Waals surface area contributed by atoms with E-state index in [2.05, 4.69) is 5.32 Å². The summed E-state index contributed by atoms with van der Waals surface area (Å²) < 4.78 is 14.0. The number of amides is 1. The van der Waals surface area contributed by atoms with E-state index in [1.807, 2.05) is 60.8 Å². The van der Waals surface area contributed by atoms with Crippen molar-refractivity contribution in [1.29, 1.82) is 0 Å². The number of aliphatic hydroxyl groups is 1. The van der Waals surface area contributed by atoms with Crippen molar-refractivity contribution in [3.05, 3.63) is 83.3 Å². The fourth-order valence-corrected chi connectivity index (χ4v) is 6.49. The second kappa shape index (κ2) is 10.4. The van der Waals surface area contributed by atoms with E-state index in [0.717, 1.165) is 39.9 Å². The van der Waals surface area contributed by atoms with Crippen molar-refractivity contribution in [3.63, 3.8) is 0 Å². The molecule has 2 aromatic carbocycles. The van der Waals surface area contributed by atoms with Gasteiger partial charge in [-0.05, 0) is 59.9 Å². The van der Waals surface area contributed by atoms with E-state index in [0.29, 0.717) is 18.9 Å². The molecule has 1 aliphatic heterocycles. The number of carbonyl (C=O) groups is 2. The van der Waals surface area contributed by atoms with E-state index in [1.165, 1.54) is 19.3 Å². The first-order valence-corrected chi connectivity index (χ1v) is 13.6. The quantitative estimate of drug-likeness (QED) is 0.462. The molecule has 2 heterocycles. The SMILES string of the molecule is CC(=O)n1cc([C@@H]2C=C(C(=O)NC3CC4CCC3C4)O[C@H](OCc3ccc(CO)cc3)C2)c2ccccc21. The fraction of sp³-hybridized carbons (Fsp3) is 0.419. The molecule has 2 bridgehead atoms. The van der Waals surface area contributed by atoms with Crippen LogP contribution in [0.25, 0.3) is 10.9 Å². The van der Waals surface area contributed by atoms with Gasteiger partial charge in [0.15, 0.2) is 5.76 Å². The molecule has 0 spiro atoms. The third-order valence-corrected chi connectivity index (χ3v) is 8.46. The normalized spacial score (nSPS) is 26.3. The van der Waals surface area contributed by atoms with Crippen molar-refractivity contribution < 1.29 is 24.2 Å². The lowest BCUT2D eigenvalue weighted by Crippen LogP contribution is -2.41. The van der Waals surface area contributed by atoms with E-state index in [4.69, 9.17) is 9.47 Å². The van der Waals surface area contributed by atoms with Gasteiger partial charge in [0.2, 0.25) is 12.2 Å². The summed E-state index contributed by atoms with van der Waals surface area (Å²) >= 11 is 0. The maximum absolute atomic E-state index is 13.4. The molecule has 2 saturated carbocycles. The maximum atomic E-state index is 13.4. The smallest absolute Gasteiger partial charge is 0.286 e. The van der Waals surface area contributed by atoms with Gasteiger partial charge in [-0.3, -0.25) is 14.2 Å². The van der Waals surface area contributed by atoms with Crippen molar-refractivity contribution in [2.24, 2.45) is 11.8 Å². The van der Waals surface area contributed by atoms with Gasteiger partial charge in [0, 0.05) is 36.9 Å². The van der Waals surface area contributed by atoms with E-state index >= 15 is 0 Å². The zero-order chi connectivity index (χ0) is 26.2. The van der Waals surface area contributed by atoms with Crippen molar-refractivity contribution in [2.75, 3.05) is 0 Å². The highest BCUT2D eigenvalue weighted by Gasteiger charge is 2.41. The van der Waals surface area contributed by atoms with Gasteiger partial charge >= 0.3 is 0 Å². The van der Waals surface area contributed by atoms with Crippen LogP contribution in [0.4, 0.5) is 0 Å². The zero-order valence-electron chi connectivity index (χ0n) is 21.6. The van der Waals surface area contributed by atoms with Crippen LogP contribution in [0.2, 0.25) is 0 Å². The van der Waals surface area contributed by atoms with Crippen LogP contribution in [0.15, 0.2) is 66.6 Å². The van der Waals surface area contributed by atoms with Gasteiger partial charge in [-0.1, -0.05) is 48.9 Å². The van der Waals surface area contributed by atoms with Crippen LogP contribution in [0, 0.1) is 11.8 Å². The average Bonchev–Trinajstić information content (AvgIpc) is 3.66. The molecular weight excluding hydrogens is 480 g/mol. The molecule has 7 heteroatoms. The van der Waals surface area contributed by atoms with Gasteiger partial charge in [0.05, 0.1) is 18.7 Å². The van der Waals surface area contributed by atoms with Crippen molar-refractivity contribution >= 4 is 22.7 Å². The predicted octanol–water partition coefficient (Wildman–Crippen LogP) is 5.03. The first-order valence-electron chi connectivity index (χ1n) is 13.6. The summed E-state index contributed by atoms with van der Waals surface area (Å²) in [6, 6.07) is 15.6. The van der Waals surface area contributed by atoms with Crippen molar-refractivity contribution in [1.82, 2.24) is 9.88 Å². The number of ether oxygens (including phenoxy) is 2. The van der Waals surface area contributed by atoms with Gasteiger partial charge in [-0.25, -0.2) is 0 Å². The molecule has 2 N–H and O–H groups in total. The van der Waals surface area contributed by atoms with Gasteiger partial charge in [-0.15, -0.1) is 0 Å². The number of aliphatic hydroxyl groups excluding tert-OH is 1. The number of nitrogens with zero attached hydrogens (tertiary/aromatic N) is 1. The topological polar surface area (TPSA) is 89.8 Å². The fourth-order valence-electron chi connectivity index (χ4n) is 6.49. The number of benzene rings is 2. The number of allylic oxidation sites excluding steroid dienone is 1. The Balaban J connectivity index is 1.27. The van der Waals surface area contributed by atoms with Gasteiger partial charge in [0.25, 0.3) is 5.91 Å². The number of carbonyl (C=O) groups excluding carboxylic acids is 2. The largest absolute Gasteiger partial charge is 0.459 e. The lowest BCUT2D eigenvalue weighted by atomic mass is 9.92. The Morgan fingerprint density at radius 1 is 1.05 bits per heavy atom. The summed E-state index contributed by atoms with van der Waals surface area (Å²) in [5, 5.41) is 13.5. The lowest BCUT2D eigenvalue weighted by molar-refractivity contribution is -0.150. The maximum Gasteiger partial charge on any atom is 0.286 e. The molecule has 0 saturated heterocycles. The summed E-state index contributed by atoms with van der Waals surface area (Å²) in [4.78, 5) is 25.8. The Morgan fingerprint density at radius 2 is 1.84 bits per heavy atom. The number of nitrogens with one attached hydrogen (secondary N) is 1. The Morgan fingerprint density at radius 3 is 2.55 bits per heavy atom. The van der Waals surface area contributed by atoms with Crippen molar-refractivity contribution in [2.45, 2.75) is 70.5 Å². The molecule has 2 aliphatic carbocycles. The average molecular weight is 515 g/mol. The number of rotatable bonds is 7. The monoisotopic (exact) mass is 514 g/mol. The second-order valence-electron chi connectivity index (χ2n) is 11.0. The molecule has 38 heavy (non-hydrogen) atoms. The minimum absolute atomic E-state index is 0.00567.